The predicted molar refractivity (Wildman–Crippen MR) is 216 cm³/mol. The van der Waals surface area contributed by atoms with Crippen molar-refractivity contribution in [1.29, 1.82) is 0 Å². The Hall–Kier alpha value is -6.50. The van der Waals surface area contributed by atoms with Gasteiger partial charge in [0.05, 0.1) is 42.5 Å². The van der Waals surface area contributed by atoms with E-state index in [4.69, 9.17) is 26.0 Å². The average Bonchev–Trinajstić information content (AvgIpc) is 3.44. The number of rotatable bonds is 4. The van der Waals surface area contributed by atoms with Gasteiger partial charge in [-0.05, 0) is 116 Å². The lowest BCUT2D eigenvalue weighted by Crippen LogP contribution is -1.93. The van der Waals surface area contributed by atoms with Gasteiger partial charge < -0.3 is 0 Å². The maximum Gasteiger partial charge on any atom is 0.0636 e. The zero-order valence-electron chi connectivity index (χ0n) is 56.1. The molecule has 0 unspecified atom stereocenters. The topological polar surface area (TPSA) is 0 Å². The zero-order valence-corrected chi connectivity index (χ0v) is 25.1. The first-order valence-corrected chi connectivity index (χ1v) is 14.8. The lowest BCUT2D eigenvalue weighted by Gasteiger charge is -2.20. The van der Waals surface area contributed by atoms with E-state index >= 15 is 0 Å². The molecule has 0 aliphatic heterocycles. The van der Waals surface area contributed by atoms with Gasteiger partial charge in [-0.1, -0.05) is 175 Å². The van der Waals surface area contributed by atoms with Crippen LogP contribution in [0.1, 0.15) is 42.5 Å². The number of fused-ring (bicyclic) bond motifs is 5. The van der Waals surface area contributed by atoms with Crippen LogP contribution < -0.4 is 0 Å². The summed E-state index contributed by atoms with van der Waals surface area (Å²) in [6.07, 6.45) is 0. The molecule has 0 bridgehead atoms. The summed E-state index contributed by atoms with van der Waals surface area (Å²) in [7, 11) is 0. The molecule has 232 valence electrons. The lowest BCUT2D eigenvalue weighted by atomic mass is 9.83. The van der Waals surface area contributed by atoms with Crippen molar-refractivity contribution >= 4 is 53.9 Å². The average molecular weight is 664 g/mol. The first kappa shape index (κ1) is 11.3. The fraction of sp³-hybridized carbons (Fsp3) is 0. The highest BCUT2D eigenvalue weighted by molar-refractivity contribution is 6.24. The molecule has 0 N–H and O–H groups in total. The van der Waals surface area contributed by atoms with Crippen LogP contribution in [0.5, 0.6) is 0 Å². The van der Waals surface area contributed by atoms with Crippen LogP contribution in [0, 0.1) is 0 Å². The predicted octanol–water partition coefficient (Wildman–Crippen LogP) is 14.1. The fourth-order valence-corrected chi connectivity index (χ4v) is 5.90. The van der Waals surface area contributed by atoms with Gasteiger partial charge in [-0.2, -0.15) is 0 Å². The van der Waals surface area contributed by atoms with Gasteiger partial charge in [0, 0.05) is 0 Å². The monoisotopic (exact) mass is 663 g/mol. The van der Waals surface area contributed by atoms with Crippen LogP contribution in [0.4, 0.5) is 0 Å². The summed E-state index contributed by atoms with van der Waals surface area (Å²) in [5.74, 6) is 0. The molecule has 0 atom stereocenters. The molecule has 0 amide bonds. The Morgan fingerprint density at radius 1 is 0.260 bits per heavy atom. The van der Waals surface area contributed by atoms with E-state index in [0.717, 1.165) is 6.07 Å². The first-order chi connectivity index (χ1) is 37.7. The summed E-state index contributed by atoms with van der Waals surface area (Å²) in [5, 5.41) is -7.52. The summed E-state index contributed by atoms with van der Waals surface area (Å²) in [5.41, 5.74) is -6.63. The molecule has 0 spiro atoms. The third-order valence-corrected chi connectivity index (χ3v) is 8.07. The lowest BCUT2D eigenvalue weighted by molar-refractivity contribution is 1.62. The molecule has 0 radical (unpaired) electrons. The first-order valence-electron chi connectivity index (χ1n) is 30.3. The molecular weight excluding hydrogens is 601 g/mol. The molecular formula is C50H32. The Morgan fingerprint density at radius 2 is 0.820 bits per heavy atom. The Bertz CT molecular complexity index is 4680. The second-order valence-electron chi connectivity index (χ2n) is 10.8. The molecule has 0 saturated carbocycles. The van der Waals surface area contributed by atoms with Gasteiger partial charge in [0.25, 0.3) is 0 Å². The highest BCUT2D eigenvalue weighted by atomic mass is 14.2. The van der Waals surface area contributed by atoms with E-state index < -0.39 is 286 Å². The van der Waals surface area contributed by atoms with Crippen LogP contribution in [-0.4, -0.2) is 0 Å². The second kappa shape index (κ2) is 11.6. The van der Waals surface area contributed by atoms with Crippen molar-refractivity contribution in [3.63, 3.8) is 0 Å². The molecule has 10 rings (SSSR count). The molecule has 0 heterocycles. The van der Waals surface area contributed by atoms with Crippen molar-refractivity contribution in [3.05, 3.63) is 193 Å². The molecule has 0 aromatic heterocycles. The van der Waals surface area contributed by atoms with E-state index in [0.29, 0.717) is 0 Å². The zero-order chi connectivity index (χ0) is 60.0. The summed E-state index contributed by atoms with van der Waals surface area (Å²) in [6.45, 7) is 0. The summed E-state index contributed by atoms with van der Waals surface area (Å²) >= 11 is 0. The molecule has 10 aromatic carbocycles. The highest BCUT2D eigenvalue weighted by Gasteiger charge is 2.19. The molecule has 10 aromatic rings. The van der Waals surface area contributed by atoms with Gasteiger partial charge >= 0.3 is 0 Å². The van der Waals surface area contributed by atoms with E-state index in [1.807, 2.05) is 0 Å². The quantitative estimate of drug-likeness (QED) is 0.164. The highest BCUT2D eigenvalue weighted by Crippen LogP contribution is 2.47. The van der Waals surface area contributed by atoms with Gasteiger partial charge in [-0.15, -0.1) is 0 Å². The molecule has 0 nitrogen and oxygen atoms in total. The smallest absolute Gasteiger partial charge is 0.0616 e. The number of benzene rings is 10. The summed E-state index contributed by atoms with van der Waals surface area (Å²) < 4.78 is 282. The van der Waals surface area contributed by atoms with Crippen LogP contribution in [0.25, 0.3) is 98.4 Å². The normalized spacial score (nSPS) is 20.3. The number of hydrogen-bond donors (Lipinski definition) is 0. The summed E-state index contributed by atoms with van der Waals surface area (Å²) in [6, 6.07) is -29.5. The van der Waals surface area contributed by atoms with E-state index in [2.05, 4.69) is 0 Å². The van der Waals surface area contributed by atoms with Crippen LogP contribution in [-0.2, 0) is 0 Å². The van der Waals surface area contributed by atoms with Crippen molar-refractivity contribution < 1.29 is 42.5 Å². The van der Waals surface area contributed by atoms with Crippen molar-refractivity contribution in [2.24, 2.45) is 0 Å². The SMILES string of the molecule is [2H]c1cc(-c2c([2H])c([2H])c3c([2H])c([2H])c([2H])c([2H])c3c2[2H])c([2H])c(-c2c3c([2H])c([2H])c([2H])c([2H])c3c(-c3c([2H])c([2H])c([2H])c4c([2H])c([2H])c([2H])c([2H])c34)c3c([2H])c(-c4c([2H])c([2H])c([2H])c5c([2H])c([2H])c([2H])c([2H])c45)c([2H])c([2H])c23)c1[2H]. The maximum absolute atomic E-state index is 10.3. The third-order valence-electron chi connectivity index (χ3n) is 8.07. The Morgan fingerprint density at radius 3 is 1.58 bits per heavy atom. The molecule has 50 heavy (non-hydrogen) atoms. The van der Waals surface area contributed by atoms with E-state index in [1.54, 1.807) is 0 Å². The second-order valence-corrected chi connectivity index (χ2v) is 10.8. The minimum absolute atomic E-state index is 0.562. The molecule has 0 aliphatic rings. The van der Waals surface area contributed by atoms with Crippen molar-refractivity contribution in [2.45, 2.75) is 0 Å². The Kier molecular flexibility index (Phi) is 2.61. The van der Waals surface area contributed by atoms with Gasteiger partial charge in [0.15, 0.2) is 0 Å². The van der Waals surface area contributed by atoms with Crippen molar-refractivity contribution in [3.8, 4) is 44.5 Å². The van der Waals surface area contributed by atoms with E-state index in [-0.39, 0.29) is 0 Å². The van der Waals surface area contributed by atoms with Crippen molar-refractivity contribution in [1.82, 2.24) is 0 Å². The van der Waals surface area contributed by atoms with Crippen LogP contribution in [0.2, 0.25) is 0 Å². The minimum Gasteiger partial charge on any atom is -0.0616 e. The Balaban J connectivity index is 1.58. The van der Waals surface area contributed by atoms with Crippen LogP contribution in [0.3, 0.4) is 0 Å². The van der Waals surface area contributed by atoms with Gasteiger partial charge in [0.2, 0.25) is 0 Å². The minimum atomic E-state index is -1.18. The van der Waals surface area contributed by atoms with Crippen LogP contribution in [0.15, 0.2) is 193 Å². The van der Waals surface area contributed by atoms with Gasteiger partial charge in [-0.25, -0.2) is 0 Å². The number of hydrogen-bond acceptors (Lipinski definition) is 0. The van der Waals surface area contributed by atoms with E-state index in [9.17, 15) is 16.4 Å². The summed E-state index contributed by atoms with van der Waals surface area (Å²) in [4.78, 5) is 0. The standard InChI is InChI=1S/C50H32/c1-2-15-36-30-38(27-26-33(36)12-1)37-18-9-19-40(31-37)49-45-22-7-8-23-46(45)50(44-25-11-17-35-14-4-6-21-42(35)44)48-32-39(28-29-47(48)49)43-24-10-16-34-13-3-5-20-41(34)43/h1-32H/i1D,2D,3D,4D,5D,6D,7D,8D,9D,10D,11D,12D,13D,14D,15D,16D,17D,19D,20D,21D,22D,23D,24D,25D,26D,27D,28D,29D,30D,31D,32D. The third kappa shape index (κ3) is 4.61. The molecule has 0 saturated heterocycles. The molecule has 0 heteroatoms. The maximum atomic E-state index is 10.3. The van der Waals surface area contributed by atoms with Gasteiger partial charge in [-0.3, -0.25) is 0 Å². The molecule has 0 aliphatic carbocycles. The van der Waals surface area contributed by atoms with E-state index in [1.165, 1.54) is 0 Å². The molecule has 0 fully saturated rings. The van der Waals surface area contributed by atoms with Crippen molar-refractivity contribution in [2.75, 3.05) is 0 Å². The largest absolute Gasteiger partial charge is 0.0636 e. The fourth-order valence-electron chi connectivity index (χ4n) is 5.90. The Labute approximate surface area is 335 Å². The van der Waals surface area contributed by atoms with Gasteiger partial charge in [0.1, 0.15) is 0 Å². The van der Waals surface area contributed by atoms with Crippen LogP contribution >= 0.6 is 0 Å².